The predicted molar refractivity (Wildman–Crippen MR) is 194 cm³/mol. The van der Waals surface area contributed by atoms with Gasteiger partial charge in [0, 0.05) is 23.5 Å². The number of pyridine rings is 2. The van der Waals surface area contributed by atoms with E-state index < -0.39 is 0 Å². The molecule has 0 fully saturated rings. The third kappa shape index (κ3) is 4.35. The van der Waals surface area contributed by atoms with E-state index in [4.69, 9.17) is 9.97 Å². The van der Waals surface area contributed by atoms with Crippen molar-refractivity contribution in [2.24, 2.45) is 0 Å². The molecule has 9 rings (SSSR count). The zero-order valence-electron chi connectivity index (χ0n) is 25.1. The molecule has 0 atom stereocenters. The number of nitrogens with zero attached hydrogens (tertiary/aromatic N) is 2. The van der Waals surface area contributed by atoms with E-state index >= 15 is 0 Å². The van der Waals surface area contributed by atoms with Crippen molar-refractivity contribution in [3.05, 3.63) is 170 Å². The molecular formula is C44H28N2. The Morgan fingerprint density at radius 2 is 0.696 bits per heavy atom. The van der Waals surface area contributed by atoms with Crippen LogP contribution in [0.3, 0.4) is 0 Å². The molecule has 46 heavy (non-hydrogen) atoms. The van der Waals surface area contributed by atoms with E-state index in [1.54, 1.807) is 0 Å². The second-order valence-electron chi connectivity index (χ2n) is 11.8. The summed E-state index contributed by atoms with van der Waals surface area (Å²) >= 11 is 0. The lowest BCUT2D eigenvalue weighted by Crippen LogP contribution is -1.92. The van der Waals surface area contributed by atoms with Crippen LogP contribution in [0.4, 0.5) is 0 Å². The van der Waals surface area contributed by atoms with Crippen LogP contribution in [0.5, 0.6) is 0 Å². The molecule has 0 unspecified atom stereocenters. The number of hydrogen-bond acceptors (Lipinski definition) is 2. The first kappa shape index (κ1) is 26.3. The molecule has 2 heterocycles. The van der Waals surface area contributed by atoms with Gasteiger partial charge in [0.25, 0.3) is 0 Å². The van der Waals surface area contributed by atoms with E-state index in [0.717, 1.165) is 33.6 Å². The second kappa shape index (κ2) is 10.8. The lowest BCUT2D eigenvalue weighted by Gasteiger charge is -2.16. The van der Waals surface area contributed by atoms with Gasteiger partial charge >= 0.3 is 0 Å². The summed E-state index contributed by atoms with van der Waals surface area (Å²) in [7, 11) is 0. The quantitative estimate of drug-likeness (QED) is 0.192. The third-order valence-corrected chi connectivity index (χ3v) is 9.13. The van der Waals surface area contributed by atoms with Crippen LogP contribution >= 0.6 is 0 Å². The molecule has 0 saturated carbocycles. The Bertz CT molecular complexity index is 2390. The highest BCUT2D eigenvalue weighted by molar-refractivity contribution is 6.30. The van der Waals surface area contributed by atoms with Crippen molar-refractivity contribution >= 4 is 43.1 Å². The SMILES string of the molecule is c1ccc(-c2ccnc(-c3cc4ccc5cc(-c6cc(-c7ccccc7)ccn6)c6ccccc6c5c4c4ccccc34)c2)cc1. The molecule has 9 aromatic rings. The second-order valence-corrected chi connectivity index (χ2v) is 11.8. The highest BCUT2D eigenvalue weighted by Crippen LogP contribution is 2.43. The molecule has 0 amide bonds. The first-order valence-corrected chi connectivity index (χ1v) is 15.7. The molecule has 0 bridgehead atoms. The molecule has 2 nitrogen and oxygen atoms in total. The summed E-state index contributed by atoms with van der Waals surface area (Å²) in [5, 5.41) is 9.81. The minimum Gasteiger partial charge on any atom is -0.256 e. The van der Waals surface area contributed by atoms with Crippen LogP contribution in [0.15, 0.2) is 170 Å². The average molecular weight is 585 g/mol. The fourth-order valence-corrected chi connectivity index (χ4v) is 6.99. The third-order valence-electron chi connectivity index (χ3n) is 9.13. The van der Waals surface area contributed by atoms with Crippen molar-refractivity contribution < 1.29 is 0 Å². The van der Waals surface area contributed by atoms with Gasteiger partial charge in [-0.25, -0.2) is 0 Å². The first-order valence-electron chi connectivity index (χ1n) is 15.7. The summed E-state index contributed by atoms with van der Waals surface area (Å²) < 4.78 is 0. The standard InChI is InChI=1S/C44H28N2/c1-3-11-29(12-4-1)31-21-23-45-41(27-31)39-25-33-19-20-34-26-40(42-28-32(22-24-46-42)30-13-5-2-6-14-30)36-16-8-10-18-38(36)44(34)43(33)37-17-9-7-15-35(37)39/h1-28H. The van der Waals surface area contributed by atoms with Crippen molar-refractivity contribution in [3.63, 3.8) is 0 Å². The van der Waals surface area contributed by atoms with Gasteiger partial charge in [-0.05, 0) is 102 Å². The Hall–Kier alpha value is -6.12. The summed E-state index contributed by atoms with van der Waals surface area (Å²) in [6, 6.07) is 56.3. The van der Waals surface area contributed by atoms with Crippen LogP contribution in [0.2, 0.25) is 0 Å². The Morgan fingerprint density at radius 3 is 1.13 bits per heavy atom. The number of aromatic nitrogens is 2. The van der Waals surface area contributed by atoms with Gasteiger partial charge in [-0.1, -0.05) is 121 Å². The van der Waals surface area contributed by atoms with Gasteiger partial charge in [-0.2, -0.15) is 0 Å². The van der Waals surface area contributed by atoms with E-state index in [1.165, 1.54) is 54.2 Å². The highest BCUT2D eigenvalue weighted by Gasteiger charge is 2.17. The highest BCUT2D eigenvalue weighted by atomic mass is 14.7. The zero-order chi connectivity index (χ0) is 30.5. The number of hydrogen-bond donors (Lipinski definition) is 0. The van der Waals surface area contributed by atoms with E-state index in [2.05, 4.69) is 158 Å². The molecule has 0 aliphatic rings. The lowest BCUT2D eigenvalue weighted by molar-refractivity contribution is 1.33. The smallest absolute Gasteiger partial charge is 0.0714 e. The Balaban J connectivity index is 1.30. The summed E-state index contributed by atoms with van der Waals surface area (Å²) in [5.74, 6) is 0. The Morgan fingerprint density at radius 1 is 0.304 bits per heavy atom. The van der Waals surface area contributed by atoms with Crippen LogP contribution in [-0.4, -0.2) is 9.97 Å². The minimum absolute atomic E-state index is 0.976. The van der Waals surface area contributed by atoms with Gasteiger partial charge in [0.2, 0.25) is 0 Å². The molecule has 0 radical (unpaired) electrons. The van der Waals surface area contributed by atoms with E-state index in [1.807, 2.05) is 12.4 Å². The van der Waals surface area contributed by atoms with Crippen molar-refractivity contribution in [2.45, 2.75) is 0 Å². The Kier molecular flexibility index (Phi) is 6.17. The minimum atomic E-state index is 0.976. The molecule has 7 aromatic carbocycles. The van der Waals surface area contributed by atoms with Gasteiger partial charge in [-0.3, -0.25) is 9.97 Å². The lowest BCUT2D eigenvalue weighted by atomic mass is 9.88. The van der Waals surface area contributed by atoms with Gasteiger partial charge < -0.3 is 0 Å². The van der Waals surface area contributed by atoms with Crippen LogP contribution in [-0.2, 0) is 0 Å². The maximum Gasteiger partial charge on any atom is 0.0714 e. The molecule has 0 spiro atoms. The van der Waals surface area contributed by atoms with Crippen LogP contribution in [0, 0.1) is 0 Å². The largest absolute Gasteiger partial charge is 0.256 e. The maximum absolute atomic E-state index is 4.87. The van der Waals surface area contributed by atoms with Gasteiger partial charge in [0.05, 0.1) is 11.4 Å². The molecule has 0 saturated heterocycles. The maximum atomic E-state index is 4.87. The van der Waals surface area contributed by atoms with E-state index in [0.29, 0.717) is 0 Å². The summed E-state index contributed by atoms with van der Waals surface area (Å²) in [6.45, 7) is 0. The zero-order valence-corrected chi connectivity index (χ0v) is 25.1. The first-order chi connectivity index (χ1) is 22.8. The average Bonchev–Trinajstić information content (AvgIpc) is 3.14. The fraction of sp³-hybridized carbons (Fsp3) is 0. The van der Waals surface area contributed by atoms with Crippen molar-refractivity contribution in [3.8, 4) is 44.8 Å². The molecule has 2 aromatic heterocycles. The van der Waals surface area contributed by atoms with Crippen LogP contribution in [0.25, 0.3) is 87.9 Å². The monoisotopic (exact) mass is 584 g/mol. The normalized spacial score (nSPS) is 11.5. The number of fused-ring (bicyclic) bond motifs is 7. The van der Waals surface area contributed by atoms with Crippen molar-refractivity contribution in [1.82, 2.24) is 9.97 Å². The summed E-state index contributed by atoms with van der Waals surface area (Å²) in [5.41, 5.74) is 8.94. The van der Waals surface area contributed by atoms with Gasteiger partial charge in [-0.15, -0.1) is 0 Å². The molecule has 0 aliphatic carbocycles. The molecule has 2 heteroatoms. The fourth-order valence-electron chi connectivity index (χ4n) is 6.99. The predicted octanol–water partition coefficient (Wildman–Crippen LogP) is 11.8. The summed E-state index contributed by atoms with van der Waals surface area (Å²) in [6.07, 6.45) is 3.85. The number of rotatable bonds is 4. The topological polar surface area (TPSA) is 25.8 Å². The van der Waals surface area contributed by atoms with Gasteiger partial charge in [0.1, 0.15) is 0 Å². The van der Waals surface area contributed by atoms with E-state index in [-0.39, 0.29) is 0 Å². The van der Waals surface area contributed by atoms with Crippen LogP contribution in [0.1, 0.15) is 0 Å². The van der Waals surface area contributed by atoms with Gasteiger partial charge in [0.15, 0.2) is 0 Å². The molecular weight excluding hydrogens is 556 g/mol. The molecule has 0 aliphatic heterocycles. The summed E-state index contributed by atoms with van der Waals surface area (Å²) in [4.78, 5) is 9.74. The van der Waals surface area contributed by atoms with Crippen molar-refractivity contribution in [1.29, 1.82) is 0 Å². The van der Waals surface area contributed by atoms with Crippen LogP contribution < -0.4 is 0 Å². The molecule has 0 N–H and O–H groups in total. The van der Waals surface area contributed by atoms with Crippen molar-refractivity contribution in [2.75, 3.05) is 0 Å². The van der Waals surface area contributed by atoms with E-state index in [9.17, 15) is 0 Å². The number of benzene rings is 7. The molecule has 214 valence electrons. The Labute approximate surface area is 267 Å².